The van der Waals surface area contributed by atoms with Gasteiger partial charge in [0.05, 0.1) is 0 Å². The fourth-order valence-electron chi connectivity index (χ4n) is 1.67. The van der Waals surface area contributed by atoms with E-state index in [1.807, 2.05) is 18.2 Å². The lowest BCUT2D eigenvalue weighted by Gasteiger charge is -2.21. The fourth-order valence-corrected chi connectivity index (χ4v) is 2.77. The summed E-state index contributed by atoms with van der Waals surface area (Å²) in [5.41, 5.74) is 0.877. The molecular formula is C14H19ClN4OS. The lowest BCUT2D eigenvalue weighted by Crippen LogP contribution is -2.35. The Hall–Kier alpha value is -1.24. The Bertz CT molecular complexity index is 687. The van der Waals surface area contributed by atoms with Gasteiger partial charge in [0.25, 0.3) is 0 Å². The minimum absolute atomic E-state index is 0.0173. The third-order valence-corrected chi connectivity index (χ3v) is 4.27. The van der Waals surface area contributed by atoms with Crippen LogP contribution in [0.4, 0.5) is 0 Å². The smallest absolute Gasteiger partial charge is 0.308 e. The van der Waals surface area contributed by atoms with Crippen LogP contribution in [0.2, 0.25) is 5.02 Å². The van der Waals surface area contributed by atoms with Crippen molar-refractivity contribution in [3.05, 3.63) is 39.3 Å². The summed E-state index contributed by atoms with van der Waals surface area (Å²) >= 11 is 7.53. The molecule has 7 heteroatoms. The molecule has 0 saturated heterocycles. The van der Waals surface area contributed by atoms with Gasteiger partial charge in [-0.3, -0.25) is 4.57 Å². The molecule has 1 heterocycles. The molecule has 0 unspecified atom stereocenters. The number of halogens is 1. The Morgan fingerprint density at radius 3 is 2.71 bits per heavy atom. The number of hydrogen-bond acceptors (Lipinski definition) is 4. The van der Waals surface area contributed by atoms with Crippen LogP contribution >= 0.6 is 23.4 Å². The molecule has 5 nitrogen and oxygen atoms in total. The van der Waals surface area contributed by atoms with Crippen LogP contribution in [0.25, 0.3) is 0 Å². The van der Waals surface area contributed by atoms with E-state index in [0.29, 0.717) is 16.7 Å². The number of rotatable bonds is 4. The van der Waals surface area contributed by atoms with E-state index < -0.39 is 0 Å². The van der Waals surface area contributed by atoms with Crippen LogP contribution in [-0.4, -0.2) is 20.3 Å². The third-order valence-electron chi connectivity index (χ3n) is 2.87. The second-order valence-electron chi connectivity index (χ2n) is 5.83. The van der Waals surface area contributed by atoms with E-state index in [-0.39, 0.29) is 11.2 Å². The van der Waals surface area contributed by atoms with Crippen LogP contribution in [0.3, 0.4) is 0 Å². The first-order chi connectivity index (χ1) is 9.76. The van der Waals surface area contributed by atoms with Crippen molar-refractivity contribution in [1.29, 1.82) is 0 Å². The van der Waals surface area contributed by atoms with E-state index in [1.54, 1.807) is 7.05 Å². The minimum Gasteiger partial charge on any atom is -0.308 e. The molecule has 0 saturated carbocycles. The summed E-state index contributed by atoms with van der Waals surface area (Å²) in [4.78, 5) is 12.5. The van der Waals surface area contributed by atoms with E-state index >= 15 is 0 Å². The summed E-state index contributed by atoms with van der Waals surface area (Å²) in [6.45, 7) is 7.04. The maximum atomic E-state index is 11.4. The monoisotopic (exact) mass is 326 g/mol. The van der Waals surface area contributed by atoms with Gasteiger partial charge in [-0.15, -0.1) is 5.10 Å². The largest absolute Gasteiger partial charge is 0.343 e. The molecule has 2 aromatic rings. The van der Waals surface area contributed by atoms with Crippen LogP contribution in [-0.2, 0) is 13.6 Å². The van der Waals surface area contributed by atoms with Gasteiger partial charge >= 0.3 is 5.69 Å². The minimum atomic E-state index is -0.221. The number of benzene rings is 1. The Kier molecular flexibility index (Phi) is 4.81. The summed E-state index contributed by atoms with van der Waals surface area (Å²) in [7, 11) is 1.69. The molecule has 0 fully saturated rings. The molecule has 0 bridgehead atoms. The summed E-state index contributed by atoms with van der Waals surface area (Å²) in [6.07, 6.45) is 0. The van der Waals surface area contributed by atoms with Gasteiger partial charge in [0.2, 0.25) is 0 Å². The number of H-pyrrole nitrogens is 1. The second-order valence-corrected chi connectivity index (χ2v) is 7.27. The van der Waals surface area contributed by atoms with Gasteiger partial charge in [-0.05, 0) is 56.3 Å². The predicted molar refractivity (Wildman–Crippen MR) is 86.0 cm³/mol. The Labute approximate surface area is 133 Å². The molecule has 2 N–H and O–H groups in total. The third kappa shape index (κ3) is 4.36. The number of nitrogens with one attached hydrogen (secondary N) is 2. The maximum Gasteiger partial charge on any atom is 0.343 e. The highest BCUT2D eigenvalue weighted by Gasteiger charge is 2.13. The van der Waals surface area contributed by atoms with Crippen molar-refractivity contribution >= 4 is 23.4 Å². The Morgan fingerprint density at radius 1 is 1.43 bits per heavy atom. The van der Waals surface area contributed by atoms with Crippen molar-refractivity contribution in [2.75, 3.05) is 0 Å². The lowest BCUT2D eigenvalue weighted by atomic mass is 10.1. The number of nitrogens with zero attached hydrogens (tertiary/aromatic N) is 2. The first kappa shape index (κ1) is 16.1. The molecule has 0 aliphatic heterocycles. The van der Waals surface area contributed by atoms with Crippen LogP contribution in [0, 0.1) is 0 Å². The zero-order valence-corrected chi connectivity index (χ0v) is 14.1. The average Bonchev–Trinajstić information content (AvgIpc) is 2.70. The average molecular weight is 327 g/mol. The number of aromatic nitrogens is 3. The molecular weight excluding hydrogens is 308 g/mol. The summed E-state index contributed by atoms with van der Waals surface area (Å²) in [6, 6.07) is 5.73. The molecule has 21 heavy (non-hydrogen) atoms. The molecule has 0 atom stereocenters. The molecule has 114 valence electrons. The molecule has 2 rings (SSSR count). The van der Waals surface area contributed by atoms with Gasteiger partial charge in [0.15, 0.2) is 5.16 Å². The molecule has 0 aliphatic carbocycles. The number of hydrogen-bond donors (Lipinski definition) is 2. The van der Waals surface area contributed by atoms with E-state index in [4.69, 9.17) is 11.6 Å². The van der Waals surface area contributed by atoms with Crippen molar-refractivity contribution in [2.45, 2.75) is 42.9 Å². The zero-order chi connectivity index (χ0) is 15.6. The standard InChI is InChI=1S/C14H19ClN4OS/c1-14(2,3)16-8-9-7-10(15)5-6-11(9)21-13-18-17-12(20)19(13)4/h5-7,16H,8H2,1-4H3,(H,17,20). The first-order valence-corrected chi connectivity index (χ1v) is 7.78. The van der Waals surface area contributed by atoms with Crippen molar-refractivity contribution in [2.24, 2.45) is 7.05 Å². The zero-order valence-electron chi connectivity index (χ0n) is 12.5. The fraction of sp³-hybridized carbons (Fsp3) is 0.429. The van der Waals surface area contributed by atoms with Crippen molar-refractivity contribution in [3.8, 4) is 0 Å². The van der Waals surface area contributed by atoms with E-state index in [2.05, 4.69) is 36.3 Å². The first-order valence-electron chi connectivity index (χ1n) is 6.59. The molecule has 0 spiro atoms. The molecule has 0 amide bonds. The van der Waals surface area contributed by atoms with Crippen LogP contribution in [0.15, 0.2) is 33.0 Å². The van der Waals surface area contributed by atoms with Crippen LogP contribution in [0.5, 0.6) is 0 Å². The summed E-state index contributed by atoms with van der Waals surface area (Å²) < 4.78 is 1.49. The normalized spacial score (nSPS) is 11.9. The van der Waals surface area contributed by atoms with Gasteiger partial charge in [0.1, 0.15) is 0 Å². The second kappa shape index (κ2) is 6.25. The van der Waals surface area contributed by atoms with Crippen molar-refractivity contribution in [3.63, 3.8) is 0 Å². The highest BCUT2D eigenvalue weighted by Crippen LogP contribution is 2.30. The Morgan fingerprint density at radius 2 is 2.14 bits per heavy atom. The van der Waals surface area contributed by atoms with Crippen LogP contribution in [0.1, 0.15) is 26.3 Å². The lowest BCUT2D eigenvalue weighted by molar-refractivity contribution is 0.422. The van der Waals surface area contributed by atoms with E-state index in [0.717, 1.165) is 10.5 Å². The van der Waals surface area contributed by atoms with Crippen molar-refractivity contribution < 1.29 is 0 Å². The van der Waals surface area contributed by atoms with E-state index in [1.165, 1.54) is 16.3 Å². The van der Waals surface area contributed by atoms with Gasteiger partial charge in [-0.2, -0.15) is 0 Å². The summed E-state index contributed by atoms with van der Waals surface area (Å²) in [5, 5.41) is 11.2. The van der Waals surface area contributed by atoms with Gasteiger partial charge in [0, 0.05) is 29.0 Å². The quantitative estimate of drug-likeness (QED) is 0.907. The Balaban J connectivity index is 2.26. The molecule has 1 aromatic carbocycles. The SMILES string of the molecule is Cn1c(Sc2ccc(Cl)cc2CNC(C)(C)C)n[nH]c1=O. The van der Waals surface area contributed by atoms with Gasteiger partial charge in [-0.25, -0.2) is 9.89 Å². The maximum absolute atomic E-state index is 11.4. The highest BCUT2D eigenvalue weighted by molar-refractivity contribution is 7.99. The van der Waals surface area contributed by atoms with Crippen molar-refractivity contribution in [1.82, 2.24) is 20.1 Å². The topological polar surface area (TPSA) is 62.7 Å². The predicted octanol–water partition coefficient (Wildman–Crippen LogP) is 2.80. The molecule has 0 aliphatic rings. The van der Waals surface area contributed by atoms with E-state index in [9.17, 15) is 4.79 Å². The van der Waals surface area contributed by atoms with Crippen LogP contribution < -0.4 is 11.0 Å². The number of aromatic amines is 1. The highest BCUT2D eigenvalue weighted by atomic mass is 35.5. The molecule has 0 radical (unpaired) electrons. The molecule has 1 aromatic heterocycles. The van der Waals surface area contributed by atoms with Gasteiger partial charge < -0.3 is 5.32 Å². The van der Waals surface area contributed by atoms with Gasteiger partial charge in [-0.1, -0.05) is 11.6 Å². The summed E-state index contributed by atoms with van der Waals surface area (Å²) in [5.74, 6) is 0.